The first-order valence-electron chi connectivity index (χ1n) is 4.02. The molecule has 66 valence electrons. The van der Waals surface area contributed by atoms with Gasteiger partial charge < -0.3 is 5.11 Å². The quantitative estimate of drug-likeness (QED) is 0.708. The second-order valence-electron chi connectivity index (χ2n) is 3.09. The van der Waals surface area contributed by atoms with Gasteiger partial charge in [-0.3, -0.25) is 0 Å². The second kappa shape index (κ2) is 3.85. The van der Waals surface area contributed by atoms with Gasteiger partial charge in [0.2, 0.25) is 0 Å². The molecule has 0 amide bonds. The third-order valence-corrected chi connectivity index (χ3v) is 2.65. The Morgan fingerprint density at radius 3 is 2.42 bits per heavy atom. The van der Waals surface area contributed by atoms with Crippen molar-refractivity contribution in [2.24, 2.45) is 0 Å². The summed E-state index contributed by atoms with van der Waals surface area (Å²) in [6, 6.07) is 5.88. The molecule has 0 aliphatic rings. The third kappa shape index (κ3) is 1.95. The summed E-state index contributed by atoms with van der Waals surface area (Å²) < 4.78 is 0. The zero-order valence-corrected chi connectivity index (χ0v) is 8.48. The number of phenols is 1. The first-order chi connectivity index (χ1) is 5.65. The topological polar surface area (TPSA) is 20.2 Å². The summed E-state index contributed by atoms with van der Waals surface area (Å²) in [7, 11) is 0. The molecule has 12 heavy (non-hydrogen) atoms. The Kier molecular flexibility index (Phi) is 3.04. The minimum absolute atomic E-state index is 0.397. The number of benzene rings is 1. The maximum atomic E-state index is 9.52. The SMILES string of the molecule is CSc1ccc(C(C)C)cc1O. The molecular weight excluding hydrogens is 168 g/mol. The lowest BCUT2D eigenvalue weighted by molar-refractivity contribution is 0.461. The molecule has 0 aliphatic carbocycles. The van der Waals surface area contributed by atoms with Crippen molar-refractivity contribution in [3.63, 3.8) is 0 Å². The average Bonchev–Trinajstić information content (AvgIpc) is 2.04. The molecule has 1 N–H and O–H groups in total. The van der Waals surface area contributed by atoms with Crippen LogP contribution < -0.4 is 0 Å². The molecule has 2 heteroatoms. The summed E-state index contributed by atoms with van der Waals surface area (Å²) in [5.41, 5.74) is 1.19. The Bertz CT molecular complexity index is 269. The molecule has 0 unspecified atom stereocenters. The van der Waals surface area contributed by atoms with Gasteiger partial charge in [0.15, 0.2) is 0 Å². The molecule has 0 bridgehead atoms. The van der Waals surface area contributed by atoms with Crippen molar-refractivity contribution in [1.82, 2.24) is 0 Å². The van der Waals surface area contributed by atoms with E-state index in [1.54, 1.807) is 11.8 Å². The van der Waals surface area contributed by atoms with Gasteiger partial charge in [0, 0.05) is 4.90 Å². The van der Waals surface area contributed by atoms with Gasteiger partial charge >= 0.3 is 0 Å². The summed E-state index contributed by atoms with van der Waals surface area (Å²) in [6.45, 7) is 4.24. The van der Waals surface area contributed by atoms with Crippen molar-refractivity contribution in [3.05, 3.63) is 23.8 Å². The molecule has 0 aliphatic heterocycles. The molecule has 0 heterocycles. The van der Waals surface area contributed by atoms with E-state index >= 15 is 0 Å². The first-order valence-corrected chi connectivity index (χ1v) is 5.24. The van der Waals surface area contributed by atoms with Crippen molar-refractivity contribution in [1.29, 1.82) is 0 Å². The summed E-state index contributed by atoms with van der Waals surface area (Å²) in [6.07, 6.45) is 1.96. The van der Waals surface area contributed by atoms with Crippen LogP contribution in [0.25, 0.3) is 0 Å². The van der Waals surface area contributed by atoms with Crippen molar-refractivity contribution in [2.45, 2.75) is 24.7 Å². The van der Waals surface area contributed by atoms with E-state index in [1.807, 2.05) is 18.4 Å². The highest BCUT2D eigenvalue weighted by molar-refractivity contribution is 7.98. The summed E-state index contributed by atoms with van der Waals surface area (Å²) in [4.78, 5) is 0.944. The van der Waals surface area contributed by atoms with E-state index in [1.165, 1.54) is 5.56 Å². The third-order valence-electron chi connectivity index (χ3n) is 1.87. The van der Waals surface area contributed by atoms with Crippen molar-refractivity contribution in [3.8, 4) is 5.75 Å². The summed E-state index contributed by atoms with van der Waals surface area (Å²) >= 11 is 1.57. The smallest absolute Gasteiger partial charge is 0.129 e. The number of phenolic OH excluding ortho intramolecular Hbond substituents is 1. The highest BCUT2D eigenvalue weighted by atomic mass is 32.2. The van der Waals surface area contributed by atoms with Gasteiger partial charge in [-0.25, -0.2) is 0 Å². The summed E-state index contributed by atoms with van der Waals surface area (Å²) in [5.74, 6) is 0.875. The summed E-state index contributed by atoms with van der Waals surface area (Å²) in [5, 5.41) is 9.52. The molecule has 0 atom stereocenters. The molecule has 1 aromatic carbocycles. The standard InChI is InChI=1S/C10H14OS/c1-7(2)8-4-5-10(12-3)9(11)6-8/h4-7,11H,1-3H3. The van der Waals surface area contributed by atoms with E-state index in [0.29, 0.717) is 11.7 Å². The molecule has 0 aromatic heterocycles. The highest BCUT2D eigenvalue weighted by Gasteiger charge is 2.03. The van der Waals surface area contributed by atoms with Crippen LogP contribution in [0.2, 0.25) is 0 Å². The minimum Gasteiger partial charge on any atom is -0.507 e. The number of rotatable bonds is 2. The van der Waals surface area contributed by atoms with Gasteiger partial charge in [-0.05, 0) is 29.9 Å². The molecule has 0 fully saturated rings. The van der Waals surface area contributed by atoms with Gasteiger partial charge in [-0.15, -0.1) is 11.8 Å². The number of hydrogen-bond acceptors (Lipinski definition) is 2. The Hall–Kier alpha value is -0.630. The van der Waals surface area contributed by atoms with E-state index in [-0.39, 0.29) is 0 Å². The molecular formula is C10H14OS. The molecule has 1 aromatic rings. The molecule has 0 radical (unpaired) electrons. The fourth-order valence-corrected chi connectivity index (χ4v) is 1.54. The van der Waals surface area contributed by atoms with Crippen LogP contribution in [0.4, 0.5) is 0 Å². The van der Waals surface area contributed by atoms with Crippen LogP contribution >= 0.6 is 11.8 Å². The normalized spacial score (nSPS) is 10.7. The van der Waals surface area contributed by atoms with E-state index in [9.17, 15) is 5.11 Å². The van der Waals surface area contributed by atoms with Crippen LogP contribution in [-0.2, 0) is 0 Å². The van der Waals surface area contributed by atoms with Crippen LogP contribution in [0.3, 0.4) is 0 Å². The van der Waals surface area contributed by atoms with Crippen LogP contribution in [0.5, 0.6) is 5.75 Å². The molecule has 1 nitrogen and oxygen atoms in total. The second-order valence-corrected chi connectivity index (χ2v) is 3.93. The number of thioether (sulfide) groups is 1. The molecule has 0 saturated heterocycles. The number of aromatic hydroxyl groups is 1. The first kappa shape index (κ1) is 9.46. The van der Waals surface area contributed by atoms with E-state index in [0.717, 1.165) is 4.90 Å². The van der Waals surface area contributed by atoms with Crippen LogP contribution in [-0.4, -0.2) is 11.4 Å². The average molecular weight is 182 g/mol. The Labute approximate surface area is 77.8 Å². The van der Waals surface area contributed by atoms with Crippen LogP contribution in [0, 0.1) is 0 Å². The monoisotopic (exact) mass is 182 g/mol. The molecule has 1 rings (SSSR count). The molecule has 0 saturated carbocycles. The lowest BCUT2D eigenvalue weighted by Crippen LogP contribution is -1.86. The predicted molar refractivity (Wildman–Crippen MR) is 54.0 cm³/mol. The zero-order chi connectivity index (χ0) is 9.14. The minimum atomic E-state index is 0.397. The lowest BCUT2D eigenvalue weighted by Gasteiger charge is -2.07. The van der Waals surface area contributed by atoms with Gasteiger partial charge in [-0.1, -0.05) is 19.9 Å². The van der Waals surface area contributed by atoms with Gasteiger partial charge in [0.25, 0.3) is 0 Å². The largest absolute Gasteiger partial charge is 0.507 e. The van der Waals surface area contributed by atoms with E-state index in [2.05, 4.69) is 19.9 Å². The van der Waals surface area contributed by atoms with Gasteiger partial charge in [-0.2, -0.15) is 0 Å². The van der Waals surface area contributed by atoms with Gasteiger partial charge in [0.1, 0.15) is 5.75 Å². The highest BCUT2D eigenvalue weighted by Crippen LogP contribution is 2.29. The van der Waals surface area contributed by atoms with Crippen molar-refractivity contribution < 1.29 is 5.11 Å². The van der Waals surface area contributed by atoms with Crippen LogP contribution in [0.1, 0.15) is 25.3 Å². The lowest BCUT2D eigenvalue weighted by atomic mass is 10.0. The van der Waals surface area contributed by atoms with Crippen molar-refractivity contribution in [2.75, 3.05) is 6.26 Å². The fraction of sp³-hybridized carbons (Fsp3) is 0.400. The Morgan fingerprint density at radius 1 is 1.33 bits per heavy atom. The Balaban J connectivity index is 3.02. The maximum absolute atomic E-state index is 9.52. The van der Waals surface area contributed by atoms with Crippen LogP contribution in [0.15, 0.2) is 23.1 Å². The predicted octanol–water partition coefficient (Wildman–Crippen LogP) is 3.24. The Morgan fingerprint density at radius 2 is 2.00 bits per heavy atom. The van der Waals surface area contributed by atoms with E-state index < -0.39 is 0 Å². The van der Waals surface area contributed by atoms with E-state index in [4.69, 9.17) is 0 Å². The fourth-order valence-electron chi connectivity index (χ4n) is 1.07. The van der Waals surface area contributed by atoms with Crippen molar-refractivity contribution >= 4 is 11.8 Å². The number of hydrogen-bond donors (Lipinski definition) is 1. The maximum Gasteiger partial charge on any atom is 0.129 e. The molecule has 0 spiro atoms. The van der Waals surface area contributed by atoms with Gasteiger partial charge in [0.05, 0.1) is 0 Å². The zero-order valence-electron chi connectivity index (χ0n) is 7.66.